The van der Waals surface area contributed by atoms with Crippen LogP contribution in [0.15, 0.2) is 29.2 Å². The number of rotatable bonds is 3. The molecule has 4 aliphatic rings. The smallest absolute Gasteiger partial charge is 0.243 e. The molecule has 4 aliphatic heterocycles. The van der Waals surface area contributed by atoms with E-state index in [1.54, 1.807) is 22.5 Å². The van der Waals surface area contributed by atoms with Crippen LogP contribution in [0, 0.1) is 13.8 Å². The summed E-state index contributed by atoms with van der Waals surface area (Å²) in [6, 6.07) is 6.77. The van der Waals surface area contributed by atoms with Crippen molar-refractivity contribution in [2.45, 2.75) is 43.7 Å². The quantitative estimate of drug-likeness (QED) is 0.756. The van der Waals surface area contributed by atoms with Gasteiger partial charge >= 0.3 is 0 Å². The molecule has 0 amide bonds. The van der Waals surface area contributed by atoms with E-state index in [1.165, 1.54) is 0 Å². The highest BCUT2D eigenvalue weighted by molar-refractivity contribution is 7.89. The van der Waals surface area contributed by atoms with Gasteiger partial charge in [-0.25, -0.2) is 18.4 Å². The maximum Gasteiger partial charge on any atom is 0.243 e. The van der Waals surface area contributed by atoms with Crippen molar-refractivity contribution in [3.63, 3.8) is 0 Å². The van der Waals surface area contributed by atoms with Crippen molar-refractivity contribution in [2.75, 3.05) is 31.2 Å². The number of sulfonamides is 1. The van der Waals surface area contributed by atoms with Crippen molar-refractivity contribution >= 4 is 15.8 Å². The van der Waals surface area contributed by atoms with Gasteiger partial charge in [0.15, 0.2) is 11.5 Å². The molecule has 2 bridgehead atoms. The average Bonchev–Trinajstić information content (AvgIpc) is 2.91. The Hall–Kier alpha value is -2.39. The standard InChI is InChI=1S/C20H24N4O4S/c1-13-8-20(22-14(2)21-13)23-11-15-9-16(12-23)24(15)29(25,26)17-4-5-18-19(10-17)28-7-3-6-27-18/h4-5,8,10,15-16H,3,6-7,9,11-12H2,1-2H3. The van der Waals surface area contributed by atoms with Gasteiger partial charge in [-0.1, -0.05) is 0 Å². The van der Waals surface area contributed by atoms with Crippen LogP contribution in [0.25, 0.3) is 0 Å². The van der Waals surface area contributed by atoms with Gasteiger partial charge in [0.05, 0.1) is 18.1 Å². The Morgan fingerprint density at radius 3 is 2.45 bits per heavy atom. The van der Waals surface area contributed by atoms with E-state index in [2.05, 4.69) is 14.9 Å². The molecule has 0 N–H and O–H groups in total. The Morgan fingerprint density at radius 2 is 1.72 bits per heavy atom. The fraction of sp³-hybridized carbons (Fsp3) is 0.500. The Bertz CT molecular complexity index is 1030. The summed E-state index contributed by atoms with van der Waals surface area (Å²) in [5.41, 5.74) is 0.920. The SMILES string of the molecule is Cc1cc(N2CC3CC(C2)N3S(=O)(=O)c2ccc3c(c2)OCCCO3)nc(C)n1. The topological polar surface area (TPSA) is 84.9 Å². The summed E-state index contributed by atoms with van der Waals surface area (Å²) in [7, 11) is -3.59. The summed E-state index contributed by atoms with van der Waals surface area (Å²) in [6.45, 7) is 6.20. The second-order valence-corrected chi connectivity index (χ2v) is 9.70. The van der Waals surface area contributed by atoms with Gasteiger partial charge in [0, 0.05) is 49.4 Å². The lowest BCUT2D eigenvalue weighted by Crippen LogP contribution is -2.70. The van der Waals surface area contributed by atoms with Crippen LogP contribution < -0.4 is 14.4 Å². The fourth-order valence-corrected chi connectivity index (χ4v) is 6.27. The molecule has 5 heterocycles. The Morgan fingerprint density at radius 1 is 1.00 bits per heavy atom. The second kappa shape index (κ2) is 6.84. The predicted octanol–water partition coefficient (Wildman–Crippen LogP) is 1.91. The van der Waals surface area contributed by atoms with Gasteiger partial charge in [-0.3, -0.25) is 0 Å². The van der Waals surface area contributed by atoms with Crippen LogP contribution in [0.3, 0.4) is 0 Å². The third-order valence-electron chi connectivity index (χ3n) is 5.70. The highest BCUT2D eigenvalue weighted by atomic mass is 32.2. The number of nitrogens with zero attached hydrogens (tertiary/aromatic N) is 4. The maximum atomic E-state index is 13.3. The number of ether oxygens (including phenoxy) is 2. The van der Waals surface area contributed by atoms with Crippen LogP contribution >= 0.6 is 0 Å². The largest absolute Gasteiger partial charge is 0.490 e. The minimum absolute atomic E-state index is 0.0506. The zero-order chi connectivity index (χ0) is 20.2. The van der Waals surface area contributed by atoms with E-state index in [4.69, 9.17) is 9.47 Å². The summed E-state index contributed by atoms with van der Waals surface area (Å²) in [5, 5.41) is 0. The number of piperidine rings is 1. The lowest BCUT2D eigenvalue weighted by Gasteiger charge is -2.55. The number of aryl methyl sites for hydroxylation is 2. The van der Waals surface area contributed by atoms with Gasteiger partial charge in [-0.15, -0.1) is 0 Å². The van der Waals surface area contributed by atoms with E-state index in [0.717, 1.165) is 30.2 Å². The predicted molar refractivity (Wildman–Crippen MR) is 107 cm³/mol. The molecule has 154 valence electrons. The molecule has 6 rings (SSSR count). The third-order valence-corrected chi connectivity index (χ3v) is 7.70. The molecular formula is C20H24N4O4S. The summed E-state index contributed by atoms with van der Waals surface area (Å²) in [4.78, 5) is 11.3. The molecule has 2 aromatic rings. The molecular weight excluding hydrogens is 392 g/mol. The number of hydrogen-bond acceptors (Lipinski definition) is 7. The van der Waals surface area contributed by atoms with Gasteiger partial charge in [0.25, 0.3) is 0 Å². The van der Waals surface area contributed by atoms with E-state index in [0.29, 0.717) is 37.8 Å². The van der Waals surface area contributed by atoms with Gasteiger partial charge in [0.2, 0.25) is 10.0 Å². The minimum atomic E-state index is -3.59. The summed E-state index contributed by atoms with van der Waals surface area (Å²) in [6.07, 6.45) is 1.66. The van der Waals surface area contributed by atoms with E-state index in [9.17, 15) is 8.42 Å². The highest BCUT2D eigenvalue weighted by Gasteiger charge is 2.51. The van der Waals surface area contributed by atoms with Crippen molar-refractivity contribution in [2.24, 2.45) is 0 Å². The zero-order valence-electron chi connectivity index (χ0n) is 16.5. The van der Waals surface area contributed by atoms with Crippen LogP contribution in [-0.2, 0) is 10.0 Å². The molecule has 29 heavy (non-hydrogen) atoms. The lowest BCUT2D eigenvalue weighted by molar-refractivity contribution is 0.0874. The van der Waals surface area contributed by atoms with Crippen molar-refractivity contribution in [3.8, 4) is 11.5 Å². The van der Waals surface area contributed by atoms with E-state index in [1.807, 2.05) is 19.9 Å². The number of hydrogen-bond donors (Lipinski definition) is 0. The number of fused-ring (bicyclic) bond motifs is 3. The normalized spacial score (nSPS) is 24.0. The van der Waals surface area contributed by atoms with Crippen LogP contribution in [0.4, 0.5) is 5.82 Å². The molecule has 0 aliphatic carbocycles. The van der Waals surface area contributed by atoms with Crippen LogP contribution in [0.5, 0.6) is 11.5 Å². The highest BCUT2D eigenvalue weighted by Crippen LogP contribution is 2.40. The van der Waals surface area contributed by atoms with E-state index in [-0.39, 0.29) is 17.0 Å². The van der Waals surface area contributed by atoms with Crippen LogP contribution in [0.1, 0.15) is 24.4 Å². The molecule has 8 nitrogen and oxygen atoms in total. The van der Waals surface area contributed by atoms with Crippen molar-refractivity contribution < 1.29 is 17.9 Å². The molecule has 3 fully saturated rings. The monoisotopic (exact) mass is 416 g/mol. The van der Waals surface area contributed by atoms with Gasteiger partial charge < -0.3 is 14.4 Å². The number of anilines is 1. The first-order chi connectivity index (χ1) is 13.9. The first-order valence-electron chi connectivity index (χ1n) is 9.92. The second-order valence-electron chi connectivity index (χ2n) is 7.86. The fourth-order valence-electron chi connectivity index (χ4n) is 4.44. The molecule has 2 atom stereocenters. The Kier molecular flexibility index (Phi) is 4.40. The number of aromatic nitrogens is 2. The lowest BCUT2D eigenvalue weighted by atomic mass is 9.91. The molecule has 0 saturated carbocycles. The summed E-state index contributed by atoms with van der Waals surface area (Å²) in [5.74, 6) is 2.71. The summed E-state index contributed by atoms with van der Waals surface area (Å²) >= 11 is 0. The van der Waals surface area contributed by atoms with E-state index < -0.39 is 10.0 Å². The average molecular weight is 417 g/mol. The molecule has 1 aromatic carbocycles. The molecule has 2 unspecified atom stereocenters. The molecule has 1 aromatic heterocycles. The van der Waals surface area contributed by atoms with Crippen molar-refractivity contribution in [3.05, 3.63) is 35.8 Å². The van der Waals surface area contributed by atoms with E-state index >= 15 is 0 Å². The van der Waals surface area contributed by atoms with Gasteiger partial charge in [0.1, 0.15) is 11.6 Å². The minimum Gasteiger partial charge on any atom is -0.490 e. The summed E-state index contributed by atoms with van der Waals surface area (Å²) < 4.78 is 39.6. The maximum absolute atomic E-state index is 13.3. The van der Waals surface area contributed by atoms with Crippen LogP contribution in [-0.4, -0.2) is 61.1 Å². The molecule has 0 spiro atoms. The number of benzene rings is 1. The van der Waals surface area contributed by atoms with Crippen molar-refractivity contribution in [1.29, 1.82) is 0 Å². The first kappa shape index (κ1) is 18.6. The first-order valence-corrected chi connectivity index (χ1v) is 11.4. The Labute approximate surface area is 170 Å². The third kappa shape index (κ3) is 3.22. The van der Waals surface area contributed by atoms with Gasteiger partial charge in [-0.2, -0.15) is 4.31 Å². The molecule has 0 radical (unpaired) electrons. The zero-order valence-corrected chi connectivity index (χ0v) is 17.4. The van der Waals surface area contributed by atoms with Gasteiger partial charge in [-0.05, 0) is 32.4 Å². The molecule has 3 saturated heterocycles. The Balaban J connectivity index is 1.38. The molecule has 9 heteroatoms. The number of piperazine rings is 1. The van der Waals surface area contributed by atoms with Crippen molar-refractivity contribution in [1.82, 2.24) is 14.3 Å². The van der Waals surface area contributed by atoms with Crippen LogP contribution in [0.2, 0.25) is 0 Å².